The number of aromatic hydroxyl groups is 1. The maximum Gasteiger partial charge on any atom is 0.482 e. The van der Waals surface area contributed by atoms with Crippen molar-refractivity contribution in [3.05, 3.63) is 29.8 Å². The molecule has 0 atom stereocenters. The van der Waals surface area contributed by atoms with E-state index in [0.717, 1.165) is 24.3 Å². The first-order chi connectivity index (χ1) is 6.41. The van der Waals surface area contributed by atoms with Crippen molar-refractivity contribution in [3.63, 3.8) is 0 Å². The van der Waals surface area contributed by atoms with E-state index in [1.807, 2.05) is 0 Å². The molecule has 1 rings (SSSR count). The Bertz CT molecular complexity index is 260. The fourth-order valence-electron chi connectivity index (χ4n) is 0.650. The van der Waals surface area contributed by atoms with Crippen molar-refractivity contribution in [2.45, 2.75) is 6.18 Å². The van der Waals surface area contributed by atoms with Gasteiger partial charge in [0.15, 0.2) is 0 Å². The number of rotatable bonds is 0. The van der Waals surface area contributed by atoms with Gasteiger partial charge in [-0.15, -0.1) is 0 Å². The van der Waals surface area contributed by atoms with Gasteiger partial charge in [-0.25, -0.2) is 0 Å². The summed E-state index contributed by atoms with van der Waals surface area (Å²) in [4.78, 5) is 0. The molecule has 0 unspecified atom stereocenters. The van der Waals surface area contributed by atoms with E-state index >= 15 is 0 Å². The van der Waals surface area contributed by atoms with E-state index < -0.39 is 11.7 Å². The van der Waals surface area contributed by atoms with Crippen molar-refractivity contribution in [1.82, 2.24) is 0 Å². The first-order valence-corrected chi connectivity index (χ1v) is 3.38. The third-order valence-electron chi connectivity index (χ3n) is 1.19. The summed E-state index contributed by atoms with van der Waals surface area (Å²) >= 11 is 0. The molecule has 7 heteroatoms. The van der Waals surface area contributed by atoms with E-state index in [2.05, 4.69) is 0 Å². The Morgan fingerprint density at radius 2 is 1.36 bits per heavy atom. The number of phenols is 1. The fourth-order valence-corrected chi connectivity index (χ4v) is 0.650. The number of alkyl halides is 3. The van der Waals surface area contributed by atoms with Crippen LogP contribution in [0.25, 0.3) is 0 Å². The Kier molecular flexibility index (Phi) is 5.04. The maximum atomic E-state index is 11.8. The van der Waals surface area contributed by atoms with Crippen molar-refractivity contribution in [2.75, 3.05) is 0 Å². The fraction of sp³-hybridized carbons (Fsp3) is 0.143. The van der Waals surface area contributed by atoms with Gasteiger partial charge in [0, 0.05) is 0 Å². The van der Waals surface area contributed by atoms with Gasteiger partial charge in [-0.2, -0.15) is 13.2 Å². The van der Waals surface area contributed by atoms with Crippen LogP contribution in [0.5, 0.6) is 5.75 Å². The second-order valence-electron chi connectivity index (χ2n) is 2.16. The molecule has 1 radical (unpaired) electrons. The molecule has 0 spiro atoms. The maximum absolute atomic E-state index is 11.8. The lowest BCUT2D eigenvalue weighted by Gasteiger charge is -2.04. The van der Waals surface area contributed by atoms with E-state index in [-0.39, 0.29) is 13.4 Å². The van der Waals surface area contributed by atoms with Crippen LogP contribution >= 0.6 is 0 Å². The highest BCUT2D eigenvalue weighted by molar-refractivity contribution is 6.13. The van der Waals surface area contributed by atoms with Crippen molar-refractivity contribution in [3.8, 4) is 5.75 Å². The van der Waals surface area contributed by atoms with E-state index in [1.165, 1.54) is 0 Å². The van der Waals surface area contributed by atoms with Crippen LogP contribution in [0.1, 0.15) is 5.56 Å². The zero-order valence-corrected chi connectivity index (χ0v) is 6.86. The summed E-state index contributed by atoms with van der Waals surface area (Å²) in [6, 6.07) is 3.66. The molecule has 0 saturated heterocycles. The summed E-state index contributed by atoms with van der Waals surface area (Å²) in [5.74, 6) is -0.169. The summed E-state index contributed by atoms with van der Waals surface area (Å²) in [5, 5.41) is 22.7. The van der Waals surface area contributed by atoms with Crippen molar-refractivity contribution in [1.29, 1.82) is 0 Å². The van der Waals surface area contributed by atoms with Crippen LogP contribution in [0.3, 0.4) is 0 Å². The second kappa shape index (κ2) is 5.51. The Balaban J connectivity index is 0.000000500. The Hall–Kier alpha value is -1.21. The van der Waals surface area contributed by atoms with Crippen molar-refractivity contribution < 1.29 is 28.3 Å². The molecule has 0 heterocycles. The minimum absolute atomic E-state index is 0. The second-order valence-corrected chi connectivity index (χ2v) is 2.16. The molecule has 0 aliphatic heterocycles. The summed E-state index contributed by atoms with van der Waals surface area (Å²) in [5.41, 5.74) is -0.754. The van der Waals surface area contributed by atoms with Crippen LogP contribution in [0.2, 0.25) is 0 Å². The van der Waals surface area contributed by atoms with E-state index in [1.54, 1.807) is 0 Å². The topological polar surface area (TPSA) is 60.7 Å². The molecule has 3 N–H and O–H groups in total. The number of halogens is 3. The van der Waals surface area contributed by atoms with Crippen LogP contribution in [0.15, 0.2) is 24.3 Å². The monoisotopic (exact) mass is 207 g/mol. The van der Waals surface area contributed by atoms with Gasteiger partial charge in [-0.1, -0.05) is 0 Å². The lowest BCUT2D eigenvalue weighted by atomic mass is 10.2. The summed E-state index contributed by atoms with van der Waals surface area (Å²) in [6.45, 7) is 0. The van der Waals surface area contributed by atoms with Crippen molar-refractivity contribution in [2.24, 2.45) is 0 Å². The Labute approximate surface area is 78.7 Å². The standard InChI is InChI=1S/C7H5F3O.BH2O2/c8-7(9,10)5-1-3-6(11)4-2-5;2-1-3/h1-4,11H;2-3H. The minimum Gasteiger partial charge on any atom is -0.508 e. The molecule has 3 nitrogen and oxygen atoms in total. The normalized spacial score (nSPS) is 10.1. The highest BCUT2D eigenvalue weighted by atomic mass is 19.4. The molecule has 0 amide bonds. The molecule has 0 aliphatic carbocycles. The third kappa shape index (κ3) is 4.73. The van der Waals surface area contributed by atoms with Crippen LogP contribution < -0.4 is 0 Å². The van der Waals surface area contributed by atoms with Gasteiger partial charge in [0.2, 0.25) is 0 Å². The van der Waals surface area contributed by atoms with Crippen LogP contribution in [0.4, 0.5) is 13.2 Å². The van der Waals surface area contributed by atoms with E-state index in [4.69, 9.17) is 15.2 Å². The predicted octanol–water partition coefficient (Wildman–Crippen LogP) is 0.916. The van der Waals surface area contributed by atoms with Crippen LogP contribution in [-0.4, -0.2) is 22.8 Å². The number of phenolic OH excluding ortho intramolecular Hbond substituents is 1. The highest BCUT2D eigenvalue weighted by Gasteiger charge is 2.29. The number of hydrogen-bond acceptors (Lipinski definition) is 3. The molecule has 0 aliphatic rings. The molecule has 0 bridgehead atoms. The van der Waals surface area contributed by atoms with Crippen LogP contribution in [-0.2, 0) is 6.18 Å². The zero-order chi connectivity index (χ0) is 11.2. The molecule has 1 aromatic carbocycles. The Morgan fingerprint density at radius 1 is 1.00 bits per heavy atom. The SMILES string of the molecule is O[B]O.Oc1ccc(C(F)(F)F)cc1. The lowest BCUT2D eigenvalue weighted by Crippen LogP contribution is -2.03. The van der Waals surface area contributed by atoms with Crippen LogP contribution in [0, 0.1) is 0 Å². The van der Waals surface area contributed by atoms with Gasteiger partial charge < -0.3 is 15.2 Å². The third-order valence-corrected chi connectivity index (χ3v) is 1.19. The van der Waals surface area contributed by atoms with E-state index in [0.29, 0.717) is 0 Å². The first kappa shape index (κ1) is 12.8. The molecular formula is C7H7BF3O3. The molecular weight excluding hydrogens is 200 g/mol. The largest absolute Gasteiger partial charge is 0.508 e. The summed E-state index contributed by atoms with van der Waals surface area (Å²) in [7, 11) is 0. The molecule has 1 aromatic rings. The summed E-state index contributed by atoms with van der Waals surface area (Å²) < 4.78 is 35.5. The lowest BCUT2D eigenvalue weighted by molar-refractivity contribution is -0.137. The van der Waals surface area contributed by atoms with Gasteiger partial charge >= 0.3 is 13.9 Å². The molecule has 0 fully saturated rings. The van der Waals surface area contributed by atoms with Crippen molar-refractivity contribution >= 4 is 7.69 Å². The zero-order valence-electron chi connectivity index (χ0n) is 6.86. The first-order valence-electron chi connectivity index (χ1n) is 3.38. The Morgan fingerprint density at radius 3 is 1.64 bits per heavy atom. The predicted molar refractivity (Wildman–Crippen MR) is 43.3 cm³/mol. The van der Waals surface area contributed by atoms with Gasteiger partial charge in [-0.3, -0.25) is 0 Å². The smallest absolute Gasteiger partial charge is 0.482 e. The summed E-state index contributed by atoms with van der Waals surface area (Å²) in [6.07, 6.45) is -4.33. The number of benzene rings is 1. The van der Waals surface area contributed by atoms with E-state index in [9.17, 15) is 13.2 Å². The molecule has 77 valence electrons. The molecule has 0 aromatic heterocycles. The van der Waals surface area contributed by atoms with Gasteiger partial charge in [0.25, 0.3) is 0 Å². The average Bonchev–Trinajstić information content (AvgIpc) is 2.04. The minimum atomic E-state index is -4.33. The highest BCUT2D eigenvalue weighted by Crippen LogP contribution is 2.29. The molecule has 0 saturated carbocycles. The quantitative estimate of drug-likeness (QED) is 0.554. The molecule has 14 heavy (non-hydrogen) atoms. The van der Waals surface area contributed by atoms with Gasteiger partial charge in [0.1, 0.15) is 5.75 Å². The number of hydrogen-bond donors (Lipinski definition) is 3. The van der Waals surface area contributed by atoms with Gasteiger partial charge in [0.05, 0.1) is 5.56 Å². The van der Waals surface area contributed by atoms with Gasteiger partial charge in [-0.05, 0) is 24.3 Å². The average molecular weight is 207 g/mol.